The quantitative estimate of drug-likeness (QED) is 0.201. The molecule has 21 heteroatoms. The first-order valence-corrected chi connectivity index (χ1v) is 20.2. The van der Waals surface area contributed by atoms with Crippen molar-refractivity contribution in [1.29, 1.82) is 0 Å². The first-order chi connectivity index (χ1) is 30.7. The maximum absolute atomic E-state index is 13.2. The third kappa shape index (κ3) is 4.81. The van der Waals surface area contributed by atoms with E-state index in [0.717, 1.165) is 0 Å². The first kappa shape index (κ1) is 38.6. The molecular weight excluding hydrogens is 882 g/mol. The van der Waals surface area contributed by atoms with Crippen molar-refractivity contribution < 1.29 is 19.5 Å². The molecule has 9 heterocycles. The predicted octanol–water partition coefficient (Wildman–Crippen LogP) is 2.89. The van der Waals surface area contributed by atoms with Crippen molar-refractivity contribution >= 4 is 88.3 Å². The molecular formula is C44H32N16O4Zn. The van der Waals surface area contributed by atoms with Crippen LogP contribution >= 0.6 is 0 Å². The van der Waals surface area contributed by atoms with Gasteiger partial charge in [-0.3, -0.25) is 36.5 Å². The Bertz CT molecular complexity index is 3970. The molecule has 0 unspecified atom stereocenters. The summed E-state index contributed by atoms with van der Waals surface area (Å²) >= 11 is 0. The molecule has 0 amide bonds. The van der Waals surface area contributed by atoms with Gasteiger partial charge in [-0.2, -0.15) is 0 Å². The fourth-order valence-electron chi connectivity index (χ4n) is 9.63. The van der Waals surface area contributed by atoms with Gasteiger partial charge in [-0.15, -0.1) is 0 Å². The minimum Gasteiger partial charge on any atom is -0.357 e. The Kier molecular flexibility index (Phi) is 7.46. The zero-order chi connectivity index (χ0) is 44.1. The van der Waals surface area contributed by atoms with Gasteiger partial charge in [-0.05, 0) is 70.1 Å². The summed E-state index contributed by atoms with van der Waals surface area (Å²) in [7, 11) is 13.7. The molecule has 0 atom stereocenters. The van der Waals surface area contributed by atoms with Crippen molar-refractivity contribution in [2.75, 3.05) is 0 Å². The number of imidazole rings is 4. The molecule has 8 bridgehead atoms. The molecule has 0 saturated heterocycles. The number of hydrogen-bond acceptors (Lipinski definition) is 10. The van der Waals surface area contributed by atoms with E-state index in [1.54, 1.807) is 92.9 Å². The van der Waals surface area contributed by atoms with Crippen LogP contribution < -0.4 is 32.7 Å². The number of rotatable bonds is 0. The smallest absolute Gasteiger partial charge is 0.357 e. The van der Waals surface area contributed by atoms with Crippen LogP contribution in [-0.4, -0.2) is 66.4 Å². The van der Waals surface area contributed by atoms with Crippen LogP contribution in [0.2, 0.25) is 0 Å². The Hall–Kier alpha value is -8.06. The van der Waals surface area contributed by atoms with Gasteiger partial charge in [-0.25, -0.2) is 29.1 Å². The Morgan fingerprint density at radius 3 is 0.692 bits per heavy atom. The number of hydrogen-bond donors (Lipinski definition) is 0. The molecule has 0 radical (unpaired) electrons. The van der Waals surface area contributed by atoms with Crippen LogP contribution in [0.15, 0.2) is 67.7 Å². The van der Waals surface area contributed by atoms with Gasteiger partial charge in [0.2, 0.25) is 0 Å². The van der Waals surface area contributed by atoms with E-state index < -0.39 is 0 Å². The van der Waals surface area contributed by atoms with Crippen LogP contribution in [0.3, 0.4) is 0 Å². The largest absolute Gasteiger partial charge is 2.00 e. The van der Waals surface area contributed by atoms with Crippen molar-refractivity contribution in [3.05, 3.63) is 90.5 Å². The number of aromatic nitrogens is 16. The summed E-state index contributed by atoms with van der Waals surface area (Å²) in [4.78, 5) is 93.7. The number of nitrogens with zero attached hydrogens (tertiary/aromatic N) is 16. The molecule has 2 aliphatic rings. The van der Waals surface area contributed by atoms with E-state index >= 15 is 0 Å². The molecule has 0 fully saturated rings. The van der Waals surface area contributed by atoms with Crippen LogP contribution in [0, 0.1) is 0 Å². The van der Waals surface area contributed by atoms with E-state index in [-0.39, 0.29) is 88.1 Å². The van der Waals surface area contributed by atoms with E-state index in [1.807, 2.05) is 48.5 Å². The molecule has 4 aromatic carbocycles. The second-order valence-electron chi connectivity index (χ2n) is 16.6. The van der Waals surface area contributed by atoms with E-state index in [2.05, 4.69) is 0 Å². The number of aryl methyl sites for hydroxylation is 8. The second-order valence-corrected chi connectivity index (χ2v) is 16.6. The van der Waals surface area contributed by atoms with Crippen molar-refractivity contribution in [3.63, 3.8) is 0 Å². The van der Waals surface area contributed by atoms with Crippen LogP contribution in [0.4, 0.5) is 0 Å². The van der Waals surface area contributed by atoms with Gasteiger partial charge in [0.05, 0.1) is 67.4 Å². The first-order valence-electron chi connectivity index (χ1n) is 20.2. The fraction of sp³-hybridized carbons (Fsp3) is 0.182. The molecule has 65 heavy (non-hydrogen) atoms. The molecule has 0 saturated carbocycles. The van der Waals surface area contributed by atoms with Gasteiger partial charge in [0.1, 0.15) is 0 Å². The van der Waals surface area contributed by atoms with Gasteiger partial charge in [0, 0.05) is 101 Å². The van der Waals surface area contributed by atoms with E-state index in [9.17, 15) is 19.2 Å². The molecule has 2 aliphatic heterocycles. The van der Waals surface area contributed by atoms with Crippen LogP contribution in [-0.2, 0) is 75.9 Å². The summed E-state index contributed by atoms with van der Waals surface area (Å²) in [5.74, 6) is 1.14. The minimum atomic E-state index is -0.201. The van der Waals surface area contributed by atoms with Gasteiger partial charge in [0.25, 0.3) is 0 Å². The summed E-state index contributed by atoms with van der Waals surface area (Å²) in [5, 5.41) is 2.44. The van der Waals surface area contributed by atoms with Gasteiger partial charge < -0.3 is 29.9 Å². The van der Waals surface area contributed by atoms with E-state index in [0.29, 0.717) is 87.9 Å². The molecule has 0 aliphatic carbocycles. The summed E-state index contributed by atoms with van der Waals surface area (Å²) < 4.78 is 12.6. The van der Waals surface area contributed by atoms with Crippen molar-refractivity contribution in [2.24, 2.45) is 56.4 Å². The minimum absolute atomic E-state index is 0. The normalized spacial score (nSPS) is 12.4. The maximum Gasteiger partial charge on any atom is 2.00 e. The Balaban J connectivity index is 0.00000444. The van der Waals surface area contributed by atoms with Gasteiger partial charge >= 0.3 is 42.2 Å². The van der Waals surface area contributed by atoms with Crippen molar-refractivity contribution in [2.45, 2.75) is 0 Å². The summed E-state index contributed by atoms with van der Waals surface area (Å²) in [6.45, 7) is 0. The summed E-state index contributed by atoms with van der Waals surface area (Å²) in [6.07, 6.45) is 0. The summed E-state index contributed by atoms with van der Waals surface area (Å²) in [6, 6.07) is 15.0. The fourth-order valence-corrected chi connectivity index (χ4v) is 9.63. The monoisotopic (exact) mass is 912 g/mol. The average molecular weight is 914 g/mol. The third-order valence-corrected chi connectivity index (χ3v) is 13.3. The standard InChI is InChI=1S/C44H32N16O4.Zn/c1-53-25-9-17-18(10-26(25)54(2)41(53)61)34-45-33(17)49-35-19-11-27-28(56(4)42(62)55(27)3)12-20(19)37(46-35)51-39-23-15-31-32(60(8)44(64)59(31)7)16-24(23)40(48-39)52-38-22-14-30-29(57(5)43(63)58(30)6)13-21(22)36(47-38)50-34;/h9-16H,1-8H3;/q-2;+2. The molecule has 0 spiro atoms. The van der Waals surface area contributed by atoms with E-state index in [1.165, 1.54) is 0 Å². The predicted molar refractivity (Wildman–Crippen MR) is 241 cm³/mol. The number of benzene rings is 4. The molecule has 0 N–H and O–H groups in total. The van der Waals surface area contributed by atoms with E-state index in [4.69, 9.17) is 39.9 Å². The Morgan fingerprint density at radius 1 is 0.308 bits per heavy atom. The Morgan fingerprint density at radius 2 is 0.492 bits per heavy atom. The zero-order valence-electron chi connectivity index (χ0n) is 36.1. The molecule has 11 aromatic rings. The molecule has 314 valence electrons. The Labute approximate surface area is 375 Å². The SMILES string of the molecule is Cn1c(=O)n(C)c2cc3c(cc21)-c1nc-3nc2[n-]c(nc3nc(nc4[n-]c(n1)c1cc5c(cc41)n(C)c(=O)n5C)-c1cc4c(cc1-3)n(C)c(=O)n4C)c1cc3c(cc21)n(C)c(=O)n3C.[Zn+2]. The van der Waals surface area contributed by atoms with Gasteiger partial charge in [-0.1, -0.05) is 0 Å². The summed E-state index contributed by atoms with van der Waals surface area (Å²) in [5.41, 5.74) is 8.10. The molecule has 20 nitrogen and oxygen atoms in total. The van der Waals surface area contributed by atoms with Crippen molar-refractivity contribution in [1.82, 2.24) is 76.4 Å². The van der Waals surface area contributed by atoms with Crippen LogP contribution in [0.1, 0.15) is 0 Å². The topological polar surface area (TPSA) is 213 Å². The average Bonchev–Trinajstić information content (AvgIpc) is 4.15. The second kappa shape index (κ2) is 12.6. The number of fused-ring (bicyclic) bond motifs is 24. The zero-order valence-corrected chi connectivity index (χ0v) is 39.1. The van der Waals surface area contributed by atoms with Crippen LogP contribution in [0.5, 0.6) is 0 Å². The van der Waals surface area contributed by atoms with Crippen molar-refractivity contribution in [3.8, 4) is 45.6 Å². The molecule has 7 aromatic heterocycles. The maximum atomic E-state index is 13.2. The third-order valence-electron chi connectivity index (χ3n) is 13.3. The van der Waals surface area contributed by atoms with Crippen LogP contribution in [0.25, 0.3) is 134 Å². The molecule has 13 rings (SSSR count). The van der Waals surface area contributed by atoms with Gasteiger partial charge in [0.15, 0.2) is 0 Å².